The Morgan fingerprint density at radius 2 is 1.56 bits per heavy atom. The quantitative estimate of drug-likeness (QED) is 0.513. The first-order chi connectivity index (χ1) is 7.66. The fourth-order valence-corrected chi connectivity index (χ4v) is 0.947. The SMILES string of the molecule is C=C(\C=C/C=C\C=C/C=C\C=N)CC(C)=O. The number of carbonyl (C=O) groups is 1. The van der Waals surface area contributed by atoms with E-state index in [1.54, 1.807) is 19.1 Å². The average Bonchev–Trinajstić information content (AvgIpc) is 2.21. The molecule has 0 aromatic heterocycles. The van der Waals surface area contributed by atoms with Gasteiger partial charge in [0.15, 0.2) is 0 Å². The van der Waals surface area contributed by atoms with Gasteiger partial charge >= 0.3 is 0 Å². The summed E-state index contributed by atoms with van der Waals surface area (Å²) in [5.74, 6) is 0.121. The molecule has 0 fully saturated rings. The van der Waals surface area contributed by atoms with E-state index in [0.29, 0.717) is 6.42 Å². The summed E-state index contributed by atoms with van der Waals surface area (Å²) in [5, 5.41) is 6.74. The number of ketones is 1. The van der Waals surface area contributed by atoms with E-state index < -0.39 is 0 Å². The van der Waals surface area contributed by atoms with Crippen LogP contribution in [0.5, 0.6) is 0 Å². The fraction of sp³-hybridized carbons (Fsp3) is 0.143. The Bertz CT molecular complexity index is 357. The number of nitrogens with one attached hydrogen (secondary N) is 1. The minimum absolute atomic E-state index is 0.121. The second-order valence-electron chi connectivity index (χ2n) is 3.22. The lowest BCUT2D eigenvalue weighted by Gasteiger charge is -1.91. The third-order valence-electron chi connectivity index (χ3n) is 1.57. The van der Waals surface area contributed by atoms with Crippen molar-refractivity contribution in [3.05, 3.63) is 60.8 Å². The summed E-state index contributed by atoms with van der Waals surface area (Å²) in [6.45, 7) is 5.31. The largest absolute Gasteiger partial charge is 0.309 e. The van der Waals surface area contributed by atoms with Crippen molar-refractivity contribution in [3.63, 3.8) is 0 Å². The second-order valence-corrected chi connectivity index (χ2v) is 3.22. The van der Waals surface area contributed by atoms with Gasteiger partial charge in [-0.2, -0.15) is 0 Å². The fourth-order valence-electron chi connectivity index (χ4n) is 0.947. The van der Waals surface area contributed by atoms with Crippen molar-refractivity contribution in [2.24, 2.45) is 0 Å². The summed E-state index contributed by atoms with van der Waals surface area (Å²) in [4.78, 5) is 10.7. The van der Waals surface area contributed by atoms with Gasteiger partial charge in [0, 0.05) is 12.6 Å². The van der Waals surface area contributed by atoms with Gasteiger partial charge in [-0.3, -0.25) is 4.79 Å². The summed E-state index contributed by atoms with van der Waals surface area (Å²) in [5.41, 5.74) is 0.810. The molecule has 1 N–H and O–H groups in total. The molecular weight excluding hydrogens is 198 g/mol. The Labute approximate surface area is 96.9 Å². The predicted molar refractivity (Wildman–Crippen MR) is 69.8 cm³/mol. The number of carbonyl (C=O) groups excluding carboxylic acids is 1. The molecule has 0 aliphatic carbocycles. The zero-order valence-corrected chi connectivity index (χ0v) is 9.52. The lowest BCUT2D eigenvalue weighted by atomic mass is 10.1. The van der Waals surface area contributed by atoms with Crippen LogP contribution in [0, 0.1) is 5.41 Å². The van der Waals surface area contributed by atoms with E-state index in [1.165, 1.54) is 6.21 Å². The van der Waals surface area contributed by atoms with E-state index in [0.717, 1.165) is 5.57 Å². The van der Waals surface area contributed by atoms with E-state index >= 15 is 0 Å². The molecule has 0 atom stereocenters. The van der Waals surface area contributed by atoms with Crippen molar-refractivity contribution in [2.45, 2.75) is 13.3 Å². The van der Waals surface area contributed by atoms with Gasteiger partial charge in [-0.15, -0.1) is 0 Å². The number of rotatable bonds is 7. The molecule has 0 saturated carbocycles. The third kappa shape index (κ3) is 10.1. The Hall–Kier alpha value is -1.96. The van der Waals surface area contributed by atoms with Crippen molar-refractivity contribution in [2.75, 3.05) is 0 Å². The molecule has 0 amide bonds. The molecule has 0 bridgehead atoms. The molecular formula is C14H17NO. The van der Waals surface area contributed by atoms with Crippen LogP contribution in [0.2, 0.25) is 0 Å². The van der Waals surface area contributed by atoms with Crippen LogP contribution in [-0.2, 0) is 4.79 Å². The number of allylic oxidation sites excluding steroid dienone is 9. The first-order valence-electron chi connectivity index (χ1n) is 5.01. The summed E-state index contributed by atoms with van der Waals surface area (Å²) >= 11 is 0. The van der Waals surface area contributed by atoms with Crippen LogP contribution in [0.4, 0.5) is 0 Å². The minimum atomic E-state index is 0.121. The summed E-state index contributed by atoms with van der Waals surface area (Å²) < 4.78 is 0. The molecule has 0 unspecified atom stereocenters. The molecule has 84 valence electrons. The van der Waals surface area contributed by atoms with E-state index in [9.17, 15) is 4.79 Å². The molecule has 0 rings (SSSR count). The summed E-state index contributed by atoms with van der Waals surface area (Å²) in [6, 6.07) is 0. The van der Waals surface area contributed by atoms with E-state index in [2.05, 4.69) is 6.58 Å². The zero-order valence-electron chi connectivity index (χ0n) is 9.52. The van der Waals surface area contributed by atoms with Gasteiger partial charge in [0.1, 0.15) is 5.78 Å². The molecule has 0 aliphatic heterocycles. The smallest absolute Gasteiger partial charge is 0.134 e. The molecule has 2 nitrogen and oxygen atoms in total. The highest BCUT2D eigenvalue weighted by molar-refractivity contribution is 5.78. The van der Waals surface area contributed by atoms with Crippen molar-refractivity contribution in [1.29, 1.82) is 5.41 Å². The van der Waals surface area contributed by atoms with E-state index in [1.807, 2.05) is 36.5 Å². The van der Waals surface area contributed by atoms with Gasteiger partial charge in [-0.05, 0) is 18.6 Å². The van der Waals surface area contributed by atoms with Crippen LogP contribution in [-0.4, -0.2) is 12.0 Å². The second kappa shape index (κ2) is 9.59. The van der Waals surface area contributed by atoms with Crippen molar-refractivity contribution in [3.8, 4) is 0 Å². The summed E-state index contributed by atoms with van der Waals surface area (Å²) in [7, 11) is 0. The van der Waals surface area contributed by atoms with Crippen molar-refractivity contribution >= 4 is 12.0 Å². The maximum Gasteiger partial charge on any atom is 0.134 e. The topological polar surface area (TPSA) is 40.9 Å². The van der Waals surface area contributed by atoms with Gasteiger partial charge in [0.25, 0.3) is 0 Å². The van der Waals surface area contributed by atoms with Gasteiger partial charge < -0.3 is 5.41 Å². The standard InChI is InChI=1S/C14H17NO/c1-13(12-14(2)16)10-8-6-4-3-5-7-9-11-15/h3-11,15H,1,12H2,2H3/b5-3-,6-4-,9-7-,10-8-,15-11?. The lowest BCUT2D eigenvalue weighted by molar-refractivity contribution is -0.116. The van der Waals surface area contributed by atoms with Crippen molar-refractivity contribution in [1.82, 2.24) is 0 Å². The Balaban J connectivity index is 3.90. The molecule has 16 heavy (non-hydrogen) atoms. The molecule has 0 saturated heterocycles. The average molecular weight is 215 g/mol. The predicted octanol–water partition coefficient (Wildman–Crippen LogP) is 3.40. The highest BCUT2D eigenvalue weighted by Gasteiger charge is 1.92. The Morgan fingerprint density at radius 3 is 2.06 bits per heavy atom. The first kappa shape index (κ1) is 14.0. The lowest BCUT2D eigenvalue weighted by Crippen LogP contribution is -1.89. The maximum absolute atomic E-state index is 10.7. The summed E-state index contributed by atoms with van der Waals surface area (Å²) in [6.07, 6.45) is 16.1. The van der Waals surface area contributed by atoms with Crippen molar-refractivity contribution < 1.29 is 4.79 Å². The van der Waals surface area contributed by atoms with Crippen LogP contribution < -0.4 is 0 Å². The number of Topliss-reactive ketones (excluding diaryl/α,β-unsaturated/α-hetero) is 1. The zero-order chi connectivity index (χ0) is 12.2. The van der Waals surface area contributed by atoms with E-state index in [-0.39, 0.29) is 5.78 Å². The third-order valence-corrected chi connectivity index (χ3v) is 1.57. The molecule has 0 aromatic carbocycles. The van der Waals surface area contributed by atoms with Crippen LogP contribution in [0.25, 0.3) is 0 Å². The first-order valence-corrected chi connectivity index (χ1v) is 5.01. The number of hydrogen-bond donors (Lipinski definition) is 1. The van der Waals surface area contributed by atoms with Gasteiger partial charge in [0.2, 0.25) is 0 Å². The number of hydrogen-bond acceptors (Lipinski definition) is 2. The normalized spacial score (nSPS) is 12.1. The maximum atomic E-state index is 10.7. The molecule has 0 aromatic rings. The monoisotopic (exact) mass is 215 g/mol. The van der Waals surface area contributed by atoms with Crippen LogP contribution in [0.3, 0.4) is 0 Å². The Morgan fingerprint density at radius 1 is 1.06 bits per heavy atom. The van der Waals surface area contributed by atoms with Crippen LogP contribution >= 0.6 is 0 Å². The minimum Gasteiger partial charge on any atom is -0.309 e. The molecule has 0 radical (unpaired) electrons. The molecule has 0 aliphatic rings. The van der Waals surface area contributed by atoms with Gasteiger partial charge in [0.05, 0.1) is 0 Å². The van der Waals surface area contributed by atoms with Crippen LogP contribution in [0.1, 0.15) is 13.3 Å². The molecule has 0 spiro atoms. The molecule has 0 heterocycles. The van der Waals surface area contributed by atoms with Gasteiger partial charge in [-0.25, -0.2) is 0 Å². The Kier molecular flexibility index (Phi) is 8.41. The highest BCUT2D eigenvalue weighted by atomic mass is 16.1. The molecule has 2 heteroatoms. The van der Waals surface area contributed by atoms with E-state index in [4.69, 9.17) is 5.41 Å². The highest BCUT2D eigenvalue weighted by Crippen LogP contribution is 2.00. The van der Waals surface area contributed by atoms with Crippen LogP contribution in [0.15, 0.2) is 60.8 Å². The van der Waals surface area contributed by atoms with Gasteiger partial charge in [-0.1, -0.05) is 49.1 Å².